The Bertz CT molecular complexity index is 615. The first kappa shape index (κ1) is 13.6. The van der Waals surface area contributed by atoms with Crippen molar-refractivity contribution in [2.45, 2.75) is 50.0 Å². The minimum Gasteiger partial charge on any atom is -0.358 e. The van der Waals surface area contributed by atoms with Crippen molar-refractivity contribution in [3.63, 3.8) is 0 Å². The minimum absolute atomic E-state index is 0.133. The average Bonchev–Trinajstić information content (AvgIpc) is 3.14. The number of hydrogen-bond donors (Lipinski definition) is 0. The third-order valence-corrected chi connectivity index (χ3v) is 5.80. The van der Waals surface area contributed by atoms with Gasteiger partial charge in [-0.2, -0.15) is 11.8 Å². The predicted molar refractivity (Wildman–Crippen MR) is 85.6 cm³/mol. The molecule has 2 atom stereocenters. The molecule has 2 saturated heterocycles. The standard InChI is InChI=1S/C16H21N3OS/c1-2-10-21-12(5-1)11-14-18-13-6-3-8-17-16(13)19(14)15-7-4-9-20-15/h3,6,8,12,15H,1-2,4-5,7,9-11H2. The maximum Gasteiger partial charge on any atom is 0.162 e. The normalized spacial score (nSPS) is 26.5. The van der Waals surface area contributed by atoms with E-state index in [9.17, 15) is 0 Å². The van der Waals surface area contributed by atoms with Crippen molar-refractivity contribution in [3.05, 3.63) is 24.2 Å². The zero-order valence-corrected chi connectivity index (χ0v) is 13.0. The second-order valence-electron chi connectivity index (χ2n) is 5.90. The molecule has 21 heavy (non-hydrogen) atoms. The molecule has 0 radical (unpaired) electrons. The highest BCUT2D eigenvalue weighted by molar-refractivity contribution is 7.99. The van der Waals surface area contributed by atoms with Gasteiger partial charge in [-0.1, -0.05) is 6.42 Å². The van der Waals surface area contributed by atoms with E-state index in [2.05, 4.69) is 27.4 Å². The highest BCUT2D eigenvalue weighted by Crippen LogP contribution is 2.32. The van der Waals surface area contributed by atoms with Crippen molar-refractivity contribution in [1.29, 1.82) is 0 Å². The number of thioether (sulfide) groups is 1. The summed E-state index contributed by atoms with van der Waals surface area (Å²) in [6.07, 6.45) is 9.28. The maximum absolute atomic E-state index is 5.91. The molecule has 0 N–H and O–H groups in total. The van der Waals surface area contributed by atoms with Gasteiger partial charge in [0.05, 0.1) is 0 Å². The number of hydrogen-bond acceptors (Lipinski definition) is 4. The van der Waals surface area contributed by atoms with E-state index in [1.54, 1.807) is 0 Å². The molecule has 0 saturated carbocycles. The van der Waals surface area contributed by atoms with Crippen LogP contribution >= 0.6 is 11.8 Å². The number of ether oxygens (including phenoxy) is 1. The molecule has 4 rings (SSSR count). The Balaban J connectivity index is 1.70. The van der Waals surface area contributed by atoms with Crippen LogP contribution in [0.1, 0.15) is 44.2 Å². The highest BCUT2D eigenvalue weighted by atomic mass is 32.2. The van der Waals surface area contributed by atoms with Crippen LogP contribution in [0.15, 0.2) is 18.3 Å². The van der Waals surface area contributed by atoms with E-state index in [1.807, 2.05) is 12.3 Å². The van der Waals surface area contributed by atoms with Gasteiger partial charge < -0.3 is 4.74 Å². The van der Waals surface area contributed by atoms with Crippen LogP contribution in [0.4, 0.5) is 0 Å². The fourth-order valence-electron chi connectivity index (χ4n) is 3.36. The van der Waals surface area contributed by atoms with Crippen LogP contribution in [0.3, 0.4) is 0 Å². The lowest BCUT2D eigenvalue weighted by atomic mass is 10.1. The predicted octanol–water partition coefficient (Wildman–Crippen LogP) is 3.57. The van der Waals surface area contributed by atoms with Gasteiger partial charge in [-0.3, -0.25) is 4.57 Å². The largest absolute Gasteiger partial charge is 0.358 e. The molecule has 2 aliphatic rings. The van der Waals surface area contributed by atoms with Crippen molar-refractivity contribution in [3.8, 4) is 0 Å². The first-order valence-electron chi connectivity index (χ1n) is 7.97. The lowest BCUT2D eigenvalue weighted by Crippen LogP contribution is -2.18. The Kier molecular flexibility index (Phi) is 3.86. The van der Waals surface area contributed by atoms with Crippen molar-refractivity contribution >= 4 is 22.9 Å². The molecule has 0 bridgehead atoms. The van der Waals surface area contributed by atoms with Crippen molar-refractivity contribution < 1.29 is 4.74 Å². The molecule has 0 aliphatic carbocycles. The van der Waals surface area contributed by atoms with Gasteiger partial charge in [-0.25, -0.2) is 9.97 Å². The molecule has 112 valence electrons. The number of fused-ring (bicyclic) bond motifs is 1. The number of imidazole rings is 1. The van der Waals surface area contributed by atoms with Crippen molar-refractivity contribution in [2.24, 2.45) is 0 Å². The molecule has 0 aromatic carbocycles. The lowest BCUT2D eigenvalue weighted by molar-refractivity contribution is 0.0571. The van der Waals surface area contributed by atoms with Crippen molar-refractivity contribution in [1.82, 2.24) is 14.5 Å². The first-order valence-corrected chi connectivity index (χ1v) is 9.02. The van der Waals surface area contributed by atoms with E-state index in [0.717, 1.165) is 42.9 Å². The molecule has 0 spiro atoms. The Labute approximate surface area is 129 Å². The molecule has 2 aromatic heterocycles. The van der Waals surface area contributed by atoms with Crippen molar-refractivity contribution in [2.75, 3.05) is 12.4 Å². The number of nitrogens with zero attached hydrogens (tertiary/aromatic N) is 3. The van der Waals surface area contributed by atoms with Crippen LogP contribution < -0.4 is 0 Å². The topological polar surface area (TPSA) is 39.9 Å². The first-order chi connectivity index (χ1) is 10.4. The van der Waals surface area contributed by atoms with E-state index >= 15 is 0 Å². The van der Waals surface area contributed by atoms with Crippen LogP contribution in [0.2, 0.25) is 0 Å². The Morgan fingerprint density at radius 3 is 3.10 bits per heavy atom. The fourth-order valence-corrected chi connectivity index (χ4v) is 4.66. The van der Waals surface area contributed by atoms with E-state index in [1.165, 1.54) is 25.0 Å². The summed E-state index contributed by atoms with van der Waals surface area (Å²) in [5.41, 5.74) is 1.99. The van der Waals surface area contributed by atoms with Crippen LogP contribution in [-0.4, -0.2) is 32.1 Å². The van der Waals surface area contributed by atoms with E-state index in [-0.39, 0.29) is 6.23 Å². The SMILES string of the molecule is c1cnc2c(c1)nc(CC1CCCCS1)n2C1CCCO1. The molecule has 2 unspecified atom stereocenters. The summed E-state index contributed by atoms with van der Waals surface area (Å²) in [4.78, 5) is 9.41. The molecular formula is C16H21N3OS. The van der Waals surface area contributed by atoms with Crippen LogP contribution in [0.25, 0.3) is 11.2 Å². The van der Waals surface area contributed by atoms with Gasteiger partial charge in [0.25, 0.3) is 0 Å². The van der Waals surface area contributed by atoms with Crippen LogP contribution in [0.5, 0.6) is 0 Å². The summed E-state index contributed by atoms with van der Waals surface area (Å²) >= 11 is 2.10. The third-order valence-electron chi connectivity index (χ3n) is 4.40. The second kappa shape index (κ2) is 5.97. The summed E-state index contributed by atoms with van der Waals surface area (Å²) in [5.74, 6) is 2.46. The Morgan fingerprint density at radius 1 is 1.29 bits per heavy atom. The van der Waals surface area contributed by atoms with E-state index in [0.29, 0.717) is 5.25 Å². The summed E-state index contributed by atoms with van der Waals surface area (Å²) in [5, 5.41) is 0.704. The smallest absolute Gasteiger partial charge is 0.162 e. The van der Waals surface area contributed by atoms with Gasteiger partial charge >= 0.3 is 0 Å². The Morgan fingerprint density at radius 2 is 2.29 bits per heavy atom. The summed E-state index contributed by atoms with van der Waals surface area (Å²) in [6.45, 7) is 0.856. The quantitative estimate of drug-likeness (QED) is 0.869. The number of rotatable bonds is 3. The third kappa shape index (κ3) is 2.69. The van der Waals surface area contributed by atoms with Gasteiger partial charge in [0.2, 0.25) is 0 Å². The van der Waals surface area contributed by atoms with E-state index < -0.39 is 0 Å². The molecule has 0 amide bonds. The molecule has 4 heterocycles. The monoisotopic (exact) mass is 303 g/mol. The maximum atomic E-state index is 5.91. The fraction of sp³-hybridized carbons (Fsp3) is 0.625. The molecule has 2 aliphatic heterocycles. The molecule has 5 heteroatoms. The number of aromatic nitrogens is 3. The average molecular weight is 303 g/mol. The molecule has 4 nitrogen and oxygen atoms in total. The molecule has 2 aromatic rings. The highest BCUT2D eigenvalue weighted by Gasteiger charge is 2.26. The van der Waals surface area contributed by atoms with Gasteiger partial charge in [-0.15, -0.1) is 0 Å². The van der Waals surface area contributed by atoms with Gasteiger partial charge in [0, 0.05) is 24.5 Å². The van der Waals surface area contributed by atoms with Gasteiger partial charge in [0.1, 0.15) is 17.6 Å². The zero-order chi connectivity index (χ0) is 14.1. The Hall–Kier alpha value is -1.07. The minimum atomic E-state index is 0.133. The van der Waals surface area contributed by atoms with Crippen LogP contribution in [0, 0.1) is 0 Å². The lowest BCUT2D eigenvalue weighted by Gasteiger charge is -2.22. The summed E-state index contributed by atoms with van der Waals surface area (Å²) < 4.78 is 8.17. The molecular weight excluding hydrogens is 282 g/mol. The van der Waals surface area contributed by atoms with Crippen LogP contribution in [-0.2, 0) is 11.2 Å². The zero-order valence-electron chi connectivity index (χ0n) is 12.2. The van der Waals surface area contributed by atoms with Gasteiger partial charge in [-0.05, 0) is 43.6 Å². The van der Waals surface area contributed by atoms with E-state index in [4.69, 9.17) is 9.72 Å². The summed E-state index contributed by atoms with van der Waals surface area (Å²) in [7, 11) is 0. The van der Waals surface area contributed by atoms with Gasteiger partial charge in [0.15, 0.2) is 5.65 Å². The number of pyridine rings is 1. The summed E-state index contributed by atoms with van der Waals surface area (Å²) in [6, 6.07) is 4.03. The molecule has 2 fully saturated rings. The second-order valence-corrected chi connectivity index (χ2v) is 7.31.